The number of nitrogens with zero attached hydrogens (tertiary/aromatic N) is 2. The monoisotopic (exact) mass is 180 g/mol. The number of hydrazone groups is 1. The third-order valence-corrected chi connectivity index (χ3v) is 1.90. The predicted molar refractivity (Wildman–Crippen MR) is 51.3 cm³/mol. The molecule has 0 bridgehead atoms. The molecule has 0 saturated heterocycles. The van der Waals surface area contributed by atoms with E-state index in [0.29, 0.717) is 10.8 Å². The van der Waals surface area contributed by atoms with Gasteiger partial charge in [-0.15, -0.1) is 0 Å². The molecule has 0 spiro atoms. The molecule has 0 fully saturated rings. The maximum Gasteiger partial charge on any atom is 0.189 e. The van der Waals surface area contributed by atoms with Crippen LogP contribution in [0.15, 0.2) is 29.5 Å². The van der Waals surface area contributed by atoms with Gasteiger partial charge in [-0.25, -0.2) is 0 Å². The highest BCUT2D eigenvalue weighted by molar-refractivity contribution is 7.82. The van der Waals surface area contributed by atoms with Crippen molar-refractivity contribution in [3.05, 3.63) is 24.4 Å². The molecule has 0 aromatic rings. The highest BCUT2D eigenvalue weighted by atomic mass is 32.1. The van der Waals surface area contributed by atoms with Crippen LogP contribution < -0.4 is 11.2 Å². The van der Waals surface area contributed by atoms with Gasteiger partial charge in [-0.1, -0.05) is 18.3 Å². The number of fused-ring (bicyclic) bond motifs is 1. The molecule has 2 heterocycles. The van der Waals surface area contributed by atoms with E-state index in [1.807, 2.05) is 29.3 Å². The van der Waals surface area contributed by atoms with Gasteiger partial charge in [0.25, 0.3) is 0 Å². The number of hydrogen-bond acceptors (Lipinski definition) is 4. The lowest BCUT2D eigenvalue weighted by Gasteiger charge is -2.21. The second-order valence-electron chi connectivity index (χ2n) is 2.51. The number of thiocarbonyl (C=S) groups is 1. The van der Waals surface area contributed by atoms with Crippen molar-refractivity contribution in [3.63, 3.8) is 0 Å². The normalized spacial score (nSPS) is 24.8. The molecule has 0 aliphatic carbocycles. The maximum atomic E-state index is 5.47. The van der Waals surface area contributed by atoms with E-state index in [1.165, 1.54) is 0 Å². The zero-order chi connectivity index (χ0) is 8.55. The first-order valence-electron chi connectivity index (χ1n) is 3.55. The van der Waals surface area contributed by atoms with Crippen molar-refractivity contribution >= 4 is 23.0 Å². The molecule has 0 amide bonds. The van der Waals surface area contributed by atoms with Gasteiger partial charge in [-0.05, 0) is 12.2 Å². The van der Waals surface area contributed by atoms with Crippen LogP contribution in [0.4, 0.5) is 0 Å². The number of amidine groups is 1. The summed E-state index contributed by atoms with van der Waals surface area (Å²) >= 11 is 4.83. The molecular weight excluding hydrogens is 172 g/mol. The molecule has 2 aliphatic rings. The Morgan fingerprint density at radius 3 is 3.25 bits per heavy atom. The molecule has 0 aromatic carbocycles. The first kappa shape index (κ1) is 7.30. The Hall–Kier alpha value is -1.36. The highest BCUT2D eigenvalue weighted by Gasteiger charge is 2.26. The zero-order valence-corrected chi connectivity index (χ0v) is 7.08. The van der Waals surface area contributed by atoms with Crippen molar-refractivity contribution < 1.29 is 0 Å². The smallest absolute Gasteiger partial charge is 0.189 e. The lowest BCUT2D eigenvalue weighted by molar-refractivity contribution is 0.447. The minimum absolute atomic E-state index is 0.0755. The number of rotatable bonds is 1. The summed E-state index contributed by atoms with van der Waals surface area (Å²) in [6.45, 7) is 0. The molecule has 62 valence electrons. The van der Waals surface area contributed by atoms with E-state index in [4.69, 9.17) is 18.0 Å². The van der Waals surface area contributed by atoms with E-state index in [9.17, 15) is 0 Å². The predicted octanol–water partition coefficient (Wildman–Crippen LogP) is -0.0992. The zero-order valence-electron chi connectivity index (χ0n) is 6.27. The molecule has 4 nitrogen and oxygen atoms in total. The Morgan fingerprint density at radius 2 is 2.50 bits per heavy atom. The first-order chi connectivity index (χ1) is 5.79. The summed E-state index contributed by atoms with van der Waals surface area (Å²) in [6.07, 6.45) is 7.81. The number of hydrogen-bond donors (Lipinski definition) is 2. The molecular formula is C7H8N4S. The summed E-state index contributed by atoms with van der Waals surface area (Å²) in [5.74, 6) is 0.621. The number of allylic oxidation sites excluding steroid dienone is 2. The largest absolute Gasteiger partial charge is 0.387 e. The van der Waals surface area contributed by atoms with Gasteiger partial charge in [-0.2, -0.15) is 5.10 Å². The van der Waals surface area contributed by atoms with Gasteiger partial charge in [0.05, 0.1) is 0 Å². The van der Waals surface area contributed by atoms with Crippen molar-refractivity contribution in [3.8, 4) is 0 Å². The Kier molecular flexibility index (Phi) is 1.58. The molecule has 12 heavy (non-hydrogen) atoms. The van der Waals surface area contributed by atoms with Crippen molar-refractivity contribution in [2.45, 2.75) is 6.17 Å². The fourth-order valence-electron chi connectivity index (χ4n) is 1.17. The maximum absolute atomic E-state index is 5.47. The molecule has 0 saturated carbocycles. The fourth-order valence-corrected chi connectivity index (χ4v) is 1.32. The van der Waals surface area contributed by atoms with Crippen molar-refractivity contribution in [1.82, 2.24) is 10.3 Å². The van der Waals surface area contributed by atoms with Crippen molar-refractivity contribution in [2.75, 3.05) is 0 Å². The Balaban J connectivity index is 2.26. The van der Waals surface area contributed by atoms with Crippen LogP contribution in [-0.2, 0) is 0 Å². The fraction of sp³-hybridized carbons (Fsp3) is 0.143. The quantitative estimate of drug-likeness (QED) is 0.553. The minimum atomic E-state index is 0.0755. The molecule has 0 radical (unpaired) electrons. The van der Waals surface area contributed by atoms with Gasteiger partial charge in [0.2, 0.25) is 0 Å². The number of nitrogens with two attached hydrogens (primary N) is 1. The Morgan fingerprint density at radius 1 is 1.67 bits per heavy atom. The van der Waals surface area contributed by atoms with Crippen LogP contribution in [0.25, 0.3) is 0 Å². The average molecular weight is 180 g/mol. The van der Waals surface area contributed by atoms with Crippen LogP contribution in [0.3, 0.4) is 0 Å². The van der Waals surface area contributed by atoms with Gasteiger partial charge >= 0.3 is 0 Å². The molecule has 2 aliphatic heterocycles. The van der Waals surface area contributed by atoms with Gasteiger partial charge < -0.3 is 10.6 Å². The van der Waals surface area contributed by atoms with E-state index in [1.54, 1.807) is 0 Å². The van der Waals surface area contributed by atoms with Gasteiger partial charge in [0.1, 0.15) is 11.2 Å². The van der Waals surface area contributed by atoms with Gasteiger partial charge in [-0.3, -0.25) is 5.43 Å². The van der Waals surface area contributed by atoms with E-state index < -0.39 is 0 Å². The molecule has 2 rings (SSSR count). The third-order valence-electron chi connectivity index (χ3n) is 1.72. The first-order valence-corrected chi connectivity index (χ1v) is 3.96. The molecule has 3 N–H and O–H groups in total. The SMILES string of the molecule is NC(=S)C1=NN[C@@H]2C=CC=CN12. The van der Waals surface area contributed by atoms with E-state index in [0.717, 1.165) is 0 Å². The summed E-state index contributed by atoms with van der Waals surface area (Å²) in [6, 6.07) is 0. The molecule has 5 heteroatoms. The van der Waals surface area contributed by atoms with Crippen LogP contribution >= 0.6 is 12.2 Å². The standard InChI is InChI=1S/C7H8N4S/c8-6(12)7-10-9-5-3-1-2-4-11(5)7/h1-5,9H,(H2,8,12)/t5-/m0/s1. The summed E-state index contributed by atoms with van der Waals surface area (Å²) in [5, 5.41) is 4.00. The van der Waals surface area contributed by atoms with Gasteiger partial charge in [0, 0.05) is 6.20 Å². The summed E-state index contributed by atoms with van der Waals surface area (Å²) < 4.78 is 0. The molecule has 0 unspecified atom stereocenters. The van der Waals surface area contributed by atoms with Crippen LogP contribution in [-0.4, -0.2) is 21.9 Å². The number of nitrogens with one attached hydrogen (secondary N) is 1. The average Bonchev–Trinajstić information content (AvgIpc) is 2.47. The Bertz CT molecular complexity index is 305. The second kappa shape index (κ2) is 2.60. The van der Waals surface area contributed by atoms with E-state index in [2.05, 4.69) is 10.5 Å². The molecule has 1 atom stereocenters. The Labute approximate surface area is 75.4 Å². The summed E-state index contributed by atoms with van der Waals surface area (Å²) in [4.78, 5) is 2.20. The van der Waals surface area contributed by atoms with Crippen LogP contribution in [0, 0.1) is 0 Å². The van der Waals surface area contributed by atoms with Gasteiger partial charge in [0.15, 0.2) is 5.84 Å². The minimum Gasteiger partial charge on any atom is -0.387 e. The van der Waals surface area contributed by atoms with Crippen molar-refractivity contribution in [1.29, 1.82) is 0 Å². The lowest BCUT2D eigenvalue weighted by atomic mass is 10.3. The van der Waals surface area contributed by atoms with Crippen molar-refractivity contribution in [2.24, 2.45) is 10.8 Å². The second-order valence-corrected chi connectivity index (χ2v) is 2.95. The lowest BCUT2D eigenvalue weighted by Crippen LogP contribution is -2.40. The highest BCUT2D eigenvalue weighted by Crippen LogP contribution is 2.12. The third kappa shape index (κ3) is 0.984. The summed E-state index contributed by atoms with van der Waals surface area (Å²) in [7, 11) is 0. The van der Waals surface area contributed by atoms with Crippen LogP contribution in [0.1, 0.15) is 0 Å². The topological polar surface area (TPSA) is 53.6 Å². The van der Waals surface area contributed by atoms with E-state index in [-0.39, 0.29) is 6.17 Å². The molecule has 0 aromatic heterocycles. The van der Waals surface area contributed by atoms with E-state index >= 15 is 0 Å². The van der Waals surface area contributed by atoms with Crippen LogP contribution in [0.2, 0.25) is 0 Å². The summed E-state index contributed by atoms with van der Waals surface area (Å²) in [5.41, 5.74) is 8.36. The van der Waals surface area contributed by atoms with Crippen LogP contribution in [0.5, 0.6) is 0 Å².